The molecule has 0 fully saturated rings. The molecule has 0 unspecified atom stereocenters. The van der Waals surface area contributed by atoms with Gasteiger partial charge in [-0.3, -0.25) is 0 Å². The first kappa shape index (κ1) is 12.6. The number of hydrogen-bond donors (Lipinski definition) is 2. The van der Waals surface area contributed by atoms with Crippen molar-refractivity contribution < 1.29 is 18.7 Å². The Balaban J connectivity index is 2.09. The van der Waals surface area contributed by atoms with Crippen molar-refractivity contribution in [2.24, 2.45) is 0 Å². The molecule has 18 heavy (non-hydrogen) atoms. The highest BCUT2D eigenvalue weighted by molar-refractivity contribution is 9.10. The van der Waals surface area contributed by atoms with Crippen LogP contribution < -0.4 is 5.32 Å². The Bertz CT molecular complexity index is 582. The molecule has 94 valence electrons. The average Bonchev–Trinajstić information content (AvgIpc) is 2.79. The van der Waals surface area contributed by atoms with E-state index in [1.54, 1.807) is 12.1 Å². The molecule has 0 saturated heterocycles. The normalized spacial score (nSPS) is 10.3. The van der Waals surface area contributed by atoms with E-state index >= 15 is 0 Å². The van der Waals surface area contributed by atoms with Crippen LogP contribution in [-0.2, 0) is 6.54 Å². The lowest BCUT2D eigenvalue weighted by molar-refractivity contribution is 0.0694. The van der Waals surface area contributed by atoms with E-state index in [2.05, 4.69) is 21.2 Å². The number of halogens is 2. The number of nitrogens with one attached hydrogen (secondary N) is 1. The molecule has 0 aliphatic carbocycles. The first-order chi connectivity index (χ1) is 8.58. The summed E-state index contributed by atoms with van der Waals surface area (Å²) in [5.74, 6) is -1.15. The molecule has 6 heteroatoms. The average molecular weight is 314 g/mol. The number of carboxylic acids is 1. The van der Waals surface area contributed by atoms with Gasteiger partial charge in [-0.05, 0) is 40.2 Å². The van der Waals surface area contributed by atoms with Gasteiger partial charge >= 0.3 is 5.97 Å². The number of furan rings is 1. The van der Waals surface area contributed by atoms with Crippen molar-refractivity contribution >= 4 is 27.6 Å². The van der Waals surface area contributed by atoms with Crippen LogP contribution in [-0.4, -0.2) is 11.1 Å². The highest BCUT2D eigenvalue weighted by Crippen LogP contribution is 2.20. The lowest BCUT2D eigenvalue weighted by atomic mass is 10.2. The summed E-state index contributed by atoms with van der Waals surface area (Å²) in [5, 5.41) is 11.8. The van der Waals surface area contributed by atoms with Crippen molar-refractivity contribution in [2.75, 3.05) is 5.32 Å². The van der Waals surface area contributed by atoms with Crippen LogP contribution in [0.3, 0.4) is 0 Å². The fourth-order valence-corrected chi connectivity index (χ4v) is 1.70. The predicted octanol–water partition coefficient (Wildman–Crippen LogP) is 3.49. The minimum Gasteiger partial charge on any atom is -0.478 e. The van der Waals surface area contributed by atoms with Crippen LogP contribution in [0, 0.1) is 5.82 Å². The molecule has 2 rings (SSSR count). The minimum absolute atomic E-state index is 0.0973. The largest absolute Gasteiger partial charge is 0.478 e. The van der Waals surface area contributed by atoms with Crippen LogP contribution in [0.1, 0.15) is 16.1 Å². The van der Waals surface area contributed by atoms with Crippen LogP contribution in [0.25, 0.3) is 0 Å². The van der Waals surface area contributed by atoms with Gasteiger partial charge < -0.3 is 14.8 Å². The summed E-state index contributed by atoms with van der Waals surface area (Å²) in [6, 6.07) is 5.93. The second kappa shape index (κ2) is 5.22. The number of rotatable bonds is 4. The van der Waals surface area contributed by atoms with Gasteiger partial charge in [-0.15, -0.1) is 0 Å². The summed E-state index contributed by atoms with van der Waals surface area (Å²) < 4.78 is 18.7. The summed E-state index contributed by atoms with van der Waals surface area (Å²) in [5.41, 5.74) is 0.642. The molecule has 0 bridgehead atoms. The molecule has 0 aliphatic heterocycles. The van der Waals surface area contributed by atoms with Gasteiger partial charge in [0, 0.05) is 5.69 Å². The Morgan fingerprint density at radius 2 is 2.22 bits per heavy atom. The number of carbonyl (C=O) groups is 1. The van der Waals surface area contributed by atoms with E-state index in [1.807, 2.05) is 0 Å². The maximum atomic E-state index is 13.2. The number of carboxylic acid groups (broad SMARTS) is 1. The Hall–Kier alpha value is -1.82. The molecule has 0 amide bonds. The Morgan fingerprint density at radius 1 is 1.44 bits per heavy atom. The molecule has 4 nitrogen and oxygen atoms in total. The highest BCUT2D eigenvalue weighted by Gasteiger charge is 2.12. The van der Waals surface area contributed by atoms with Crippen molar-refractivity contribution in [3.8, 4) is 0 Å². The van der Waals surface area contributed by atoms with Crippen molar-refractivity contribution in [3.63, 3.8) is 0 Å². The third-order valence-corrected chi connectivity index (χ3v) is 2.99. The van der Waals surface area contributed by atoms with E-state index in [0.717, 1.165) is 0 Å². The second-order valence-corrected chi connectivity index (χ2v) is 4.40. The van der Waals surface area contributed by atoms with Crippen LogP contribution in [0.5, 0.6) is 0 Å². The first-order valence-corrected chi connectivity index (χ1v) is 5.86. The topological polar surface area (TPSA) is 62.5 Å². The summed E-state index contributed by atoms with van der Waals surface area (Å²) >= 11 is 3.05. The van der Waals surface area contributed by atoms with Gasteiger partial charge in [0.1, 0.15) is 17.1 Å². The lowest BCUT2D eigenvalue weighted by Gasteiger charge is -2.06. The summed E-state index contributed by atoms with van der Waals surface area (Å²) in [7, 11) is 0. The summed E-state index contributed by atoms with van der Waals surface area (Å²) in [6.07, 6.45) is 1.31. The molecule has 0 saturated carbocycles. The maximum absolute atomic E-state index is 13.2. The molecule has 0 atom stereocenters. The zero-order valence-electron chi connectivity index (χ0n) is 9.11. The van der Waals surface area contributed by atoms with Crippen molar-refractivity contribution in [1.82, 2.24) is 0 Å². The first-order valence-electron chi connectivity index (χ1n) is 5.06. The Labute approximate surface area is 111 Å². The van der Waals surface area contributed by atoms with Crippen LogP contribution in [0.4, 0.5) is 10.1 Å². The summed E-state index contributed by atoms with van der Waals surface area (Å²) in [4.78, 5) is 10.8. The molecule has 0 aliphatic rings. The van der Waals surface area contributed by atoms with Crippen molar-refractivity contribution in [2.45, 2.75) is 6.54 Å². The molecular weight excluding hydrogens is 305 g/mol. The van der Waals surface area contributed by atoms with Gasteiger partial charge in [0.05, 0.1) is 17.3 Å². The monoisotopic (exact) mass is 313 g/mol. The van der Waals surface area contributed by atoms with Gasteiger partial charge in [0.2, 0.25) is 0 Å². The second-order valence-electron chi connectivity index (χ2n) is 3.55. The molecule has 0 spiro atoms. The Kier molecular flexibility index (Phi) is 3.66. The lowest BCUT2D eigenvalue weighted by Crippen LogP contribution is -2.04. The quantitative estimate of drug-likeness (QED) is 0.907. The Morgan fingerprint density at radius 3 is 2.89 bits per heavy atom. The number of hydrogen-bond acceptors (Lipinski definition) is 3. The maximum Gasteiger partial charge on any atom is 0.339 e. The predicted molar refractivity (Wildman–Crippen MR) is 67.1 cm³/mol. The molecule has 1 aromatic carbocycles. The summed E-state index contributed by atoms with van der Waals surface area (Å²) in [6.45, 7) is 0.176. The molecule has 2 aromatic rings. The zero-order chi connectivity index (χ0) is 13.1. The molecule has 0 radical (unpaired) electrons. The smallest absolute Gasteiger partial charge is 0.339 e. The fraction of sp³-hybridized carbons (Fsp3) is 0.0833. The van der Waals surface area contributed by atoms with Crippen molar-refractivity contribution in [1.29, 1.82) is 0 Å². The van der Waals surface area contributed by atoms with E-state index in [4.69, 9.17) is 9.52 Å². The van der Waals surface area contributed by atoms with Crippen LogP contribution in [0.2, 0.25) is 0 Å². The number of aromatic carboxylic acids is 1. The zero-order valence-corrected chi connectivity index (χ0v) is 10.7. The van der Waals surface area contributed by atoms with E-state index < -0.39 is 11.8 Å². The third kappa shape index (κ3) is 2.70. The van der Waals surface area contributed by atoms with Crippen molar-refractivity contribution in [3.05, 3.63) is 52.1 Å². The standard InChI is InChI=1S/C12H9BrFNO3/c13-9-2-1-7(5-10(9)14)15-6-11-8(12(16)17)3-4-18-11/h1-5,15H,6H2,(H,16,17). The highest BCUT2D eigenvalue weighted by atomic mass is 79.9. The van der Waals surface area contributed by atoms with Gasteiger partial charge in [-0.2, -0.15) is 0 Å². The van der Waals surface area contributed by atoms with E-state index in [9.17, 15) is 9.18 Å². The molecule has 1 heterocycles. The van der Waals surface area contributed by atoms with E-state index in [-0.39, 0.29) is 12.1 Å². The number of benzene rings is 1. The van der Waals surface area contributed by atoms with E-state index in [1.165, 1.54) is 18.4 Å². The van der Waals surface area contributed by atoms with Gasteiger partial charge in [-0.25, -0.2) is 9.18 Å². The van der Waals surface area contributed by atoms with Gasteiger partial charge in [0.15, 0.2) is 0 Å². The fourth-order valence-electron chi connectivity index (χ4n) is 1.46. The van der Waals surface area contributed by atoms with Crippen LogP contribution in [0.15, 0.2) is 39.4 Å². The van der Waals surface area contributed by atoms with Crippen LogP contribution >= 0.6 is 15.9 Å². The van der Waals surface area contributed by atoms with Gasteiger partial charge in [-0.1, -0.05) is 0 Å². The molecular formula is C12H9BrFNO3. The SMILES string of the molecule is O=C(O)c1ccoc1CNc1ccc(Br)c(F)c1. The molecule has 2 N–H and O–H groups in total. The third-order valence-electron chi connectivity index (χ3n) is 2.35. The molecule has 1 aromatic heterocycles. The van der Waals surface area contributed by atoms with E-state index in [0.29, 0.717) is 15.9 Å². The van der Waals surface area contributed by atoms with Gasteiger partial charge in [0.25, 0.3) is 0 Å². The minimum atomic E-state index is -1.05. The number of anilines is 1.